The summed E-state index contributed by atoms with van der Waals surface area (Å²) in [5, 5.41) is 3.39. The number of anilines is 2. The molecule has 8 nitrogen and oxygen atoms in total. The van der Waals surface area contributed by atoms with Gasteiger partial charge in [0, 0.05) is 84.3 Å². The molecule has 2 aliphatic rings. The lowest BCUT2D eigenvalue weighted by Crippen LogP contribution is -2.53. The highest BCUT2D eigenvalue weighted by molar-refractivity contribution is 5.81. The molecule has 0 bridgehead atoms. The van der Waals surface area contributed by atoms with Gasteiger partial charge in [0.2, 0.25) is 5.91 Å². The Morgan fingerprint density at radius 2 is 1.53 bits per heavy atom. The lowest BCUT2D eigenvalue weighted by molar-refractivity contribution is -0.131. The van der Waals surface area contributed by atoms with E-state index >= 15 is 0 Å². The van der Waals surface area contributed by atoms with Crippen molar-refractivity contribution in [2.75, 3.05) is 75.8 Å². The van der Waals surface area contributed by atoms with Gasteiger partial charge in [0.15, 0.2) is 5.96 Å². The standard InChI is InChI=1S/C24H33N7O/c1-25-24(31-19-13-28(14-20-31)21-7-3-2-4-8-21)27-12-10-23(32)30-17-15-29(16-18-30)22-9-5-6-11-26-22/h2-9,11H,10,12-20H2,1H3,(H,25,27). The van der Waals surface area contributed by atoms with Gasteiger partial charge in [-0.2, -0.15) is 0 Å². The highest BCUT2D eigenvalue weighted by Crippen LogP contribution is 2.16. The van der Waals surface area contributed by atoms with E-state index in [-0.39, 0.29) is 5.91 Å². The Morgan fingerprint density at radius 1 is 0.875 bits per heavy atom. The molecular weight excluding hydrogens is 402 g/mol. The number of piperazine rings is 2. The normalized spacial score (nSPS) is 17.5. The molecule has 170 valence electrons. The quantitative estimate of drug-likeness (QED) is 0.567. The van der Waals surface area contributed by atoms with Crippen LogP contribution < -0.4 is 15.1 Å². The molecule has 0 spiro atoms. The summed E-state index contributed by atoms with van der Waals surface area (Å²) in [6.45, 7) is 7.49. The van der Waals surface area contributed by atoms with E-state index in [0.717, 1.165) is 64.1 Å². The molecule has 0 saturated carbocycles. The number of aromatic nitrogens is 1. The second-order valence-corrected chi connectivity index (χ2v) is 8.09. The topological polar surface area (TPSA) is 67.3 Å². The van der Waals surface area contributed by atoms with Crippen LogP contribution in [-0.2, 0) is 4.79 Å². The highest BCUT2D eigenvalue weighted by Gasteiger charge is 2.23. The van der Waals surface area contributed by atoms with Gasteiger partial charge in [-0.15, -0.1) is 0 Å². The SMILES string of the molecule is CN=C(NCCC(=O)N1CCN(c2ccccn2)CC1)N1CCN(c2ccccc2)CC1. The van der Waals surface area contributed by atoms with E-state index in [1.54, 1.807) is 0 Å². The zero-order chi connectivity index (χ0) is 22.2. The monoisotopic (exact) mass is 435 g/mol. The number of nitrogens with one attached hydrogen (secondary N) is 1. The summed E-state index contributed by atoms with van der Waals surface area (Å²) >= 11 is 0. The molecule has 1 N–H and O–H groups in total. The maximum absolute atomic E-state index is 12.7. The third-order valence-electron chi connectivity index (χ3n) is 6.14. The summed E-state index contributed by atoms with van der Waals surface area (Å²) in [7, 11) is 1.81. The number of aliphatic imine (C=N–C) groups is 1. The first-order valence-corrected chi connectivity index (χ1v) is 11.4. The van der Waals surface area contributed by atoms with Gasteiger partial charge in [0.25, 0.3) is 0 Å². The Labute approximate surface area is 190 Å². The molecule has 0 radical (unpaired) electrons. The first-order valence-electron chi connectivity index (χ1n) is 11.4. The molecule has 0 unspecified atom stereocenters. The number of benzene rings is 1. The van der Waals surface area contributed by atoms with Gasteiger partial charge < -0.3 is 24.9 Å². The molecule has 0 aliphatic carbocycles. The molecule has 3 heterocycles. The van der Waals surface area contributed by atoms with E-state index in [1.165, 1.54) is 5.69 Å². The zero-order valence-electron chi connectivity index (χ0n) is 18.9. The predicted octanol–water partition coefficient (Wildman–Crippen LogP) is 1.52. The minimum absolute atomic E-state index is 0.197. The number of carbonyl (C=O) groups is 1. The number of guanidine groups is 1. The molecule has 32 heavy (non-hydrogen) atoms. The van der Waals surface area contributed by atoms with Gasteiger partial charge in [0.1, 0.15) is 5.82 Å². The second-order valence-electron chi connectivity index (χ2n) is 8.09. The maximum Gasteiger partial charge on any atom is 0.224 e. The Morgan fingerprint density at radius 3 is 2.19 bits per heavy atom. The third kappa shape index (κ3) is 5.49. The van der Waals surface area contributed by atoms with Gasteiger partial charge in [-0.05, 0) is 24.3 Å². The molecular formula is C24H33N7O. The Hall–Kier alpha value is -3.29. The number of rotatable bonds is 5. The van der Waals surface area contributed by atoms with Crippen molar-refractivity contribution in [3.8, 4) is 0 Å². The Balaban J connectivity index is 1.17. The van der Waals surface area contributed by atoms with Gasteiger partial charge in [-0.3, -0.25) is 9.79 Å². The lowest BCUT2D eigenvalue weighted by Gasteiger charge is -2.38. The van der Waals surface area contributed by atoms with Crippen LogP contribution in [0.3, 0.4) is 0 Å². The van der Waals surface area contributed by atoms with Crippen LogP contribution in [0.15, 0.2) is 59.7 Å². The van der Waals surface area contributed by atoms with Gasteiger partial charge in [0.05, 0.1) is 0 Å². The first-order chi connectivity index (χ1) is 15.7. The lowest BCUT2D eigenvalue weighted by atomic mass is 10.2. The van der Waals surface area contributed by atoms with Crippen molar-refractivity contribution in [2.24, 2.45) is 4.99 Å². The van der Waals surface area contributed by atoms with Crippen molar-refractivity contribution >= 4 is 23.4 Å². The molecule has 4 rings (SSSR count). The Bertz CT molecular complexity index is 874. The summed E-state index contributed by atoms with van der Waals surface area (Å²) in [6.07, 6.45) is 2.29. The fourth-order valence-corrected chi connectivity index (χ4v) is 4.31. The van der Waals surface area contributed by atoms with Crippen molar-refractivity contribution in [2.45, 2.75) is 6.42 Å². The summed E-state index contributed by atoms with van der Waals surface area (Å²) < 4.78 is 0. The summed E-state index contributed by atoms with van der Waals surface area (Å²) in [4.78, 5) is 30.4. The molecule has 2 saturated heterocycles. The van der Waals surface area contributed by atoms with Crippen LogP contribution in [0.5, 0.6) is 0 Å². The summed E-state index contributed by atoms with van der Waals surface area (Å²) in [5.74, 6) is 2.06. The third-order valence-corrected chi connectivity index (χ3v) is 6.14. The molecule has 1 aromatic carbocycles. The molecule has 1 amide bonds. The Kier molecular flexibility index (Phi) is 7.42. The number of hydrogen-bond acceptors (Lipinski definition) is 5. The van der Waals surface area contributed by atoms with Crippen LogP contribution in [0.1, 0.15) is 6.42 Å². The van der Waals surface area contributed by atoms with Crippen molar-refractivity contribution in [1.29, 1.82) is 0 Å². The van der Waals surface area contributed by atoms with Crippen LogP contribution in [0.2, 0.25) is 0 Å². The number of nitrogens with zero attached hydrogens (tertiary/aromatic N) is 6. The number of hydrogen-bond donors (Lipinski definition) is 1. The van der Waals surface area contributed by atoms with Crippen molar-refractivity contribution < 1.29 is 4.79 Å². The van der Waals surface area contributed by atoms with Gasteiger partial charge >= 0.3 is 0 Å². The summed E-state index contributed by atoms with van der Waals surface area (Å²) in [5.41, 5.74) is 1.27. The largest absolute Gasteiger partial charge is 0.368 e. The van der Waals surface area contributed by atoms with Crippen LogP contribution >= 0.6 is 0 Å². The molecule has 2 fully saturated rings. The fraction of sp³-hybridized carbons (Fsp3) is 0.458. The second kappa shape index (κ2) is 10.8. The summed E-state index contributed by atoms with van der Waals surface area (Å²) in [6, 6.07) is 16.5. The van der Waals surface area contributed by atoms with Crippen molar-refractivity contribution in [3.63, 3.8) is 0 Å². The average Bonchev–Trinajstić information content (AvgIpc) is 2.88. The van der Waals surface area contributed by atoms with Crippen LogP contribution in [-0.4, -0.2) is 92.6 Å². The van der Waals surface area contributed by atoms with Crippen molar-refractivity contribution in [1.82, 2.24) is 20.1 Å². The molecule has 2 aliphatic heterocycles. The van der Waals surface area contributed by atoms with E-state index < -0.39 is 0 Å². The van der Waals surface area contributed by atoms with E-state index in [4.69, 9.17) is 0 Å². The molecule has 2 aromatic rings. The maximum atomic E-state index is 12.7. The average molecular weight is 436 g/mol. The molecule has 1 aromatic heterocycles. The van der Waals surface area contributed by atoms with Crippen molar-refractivity contribution in [3.05, 3.63) is 54.7 Å². The van der Waals surface area contributed by atoms with Crippen LogP contribution in [0, 0.1) is 0 Å². The number of carbonyl (C=O) groups excluding carboxylic acids is 1. The minimum atomic E-state index is 0.197. The van der Waals surface area contributed by atoms with Gasteiger partial charge in [-0.1, -0.05) is 24.3 Å². The van der Waals surface area contributed by atoms with E-state index in [2.05, 4.69) is 54.3 Å². The first kappa shape index (κ1) is 21.9. The van der Waals surface area contributed by atoms with Crippen LogP contribution in [0.4, 0.5) is 11.5 Å². The number of para-hydroxylation sites is 1. The van der Waals surface area contributed by atoms with Crippen LogP contribution in [0.25, 0.3) is 0 Å². The number of pyridine rings is 1. The van der Waals surface area contributed by atoms with E-state index in [9.17, 15) is 4.79 Å². The number of amides is 1. The highest BCUT2D eigenvalue weighted by atomic mass is 16.2. The fourth-order valence-electron chi connectivity index (χ4n) is 4.31. The smallest absolute Gasteiger partial charge is 0.224 e. The minimum Gasteiger partial charge on any atom is -0.368 e. The molecule has 0 atom stereocenters. The predicted molar refractivity (Wildman–Crippen MR) is 129 cm³/mol. The molecule has 8 heteroatoms. The zero-order valence-corrected chi connectivity index (χ0v) is 18.9. The van der Waals surface area contributed by atoms with E-state index in [1.807, 2.05) is 42.4 Å². The van der Waals surface area contributed by atoms with E-state index in [0.29, 0.717) is 13.0 Å². The van der Waals surface area contributed by atoms with Gasteiger partial charge in [-0.25, -0.2) is 4.98 Å².